The van der Waals surface area contributed by atoms with Crippen LogP contribution >= 0.6 is 0 Å². The van der Waals surface area contributed by atoms with Crippen molar-refractivity contribution in [1.82, 2.24) is 0 Å². The normalized spacial score (nSPS) is 25.6. The number of aliphatic hydroxyl groups is 1. The molecule has 1 aliphatic heterocycles. The summed E-state index contributed by atoms with van der Waals surface area (Å²) in [5.41, 5.74) is 0. The Balaban J connectivity index is 0.00000144. The smallest absolute Gasteiger partial charge is 0.544 e. The number of carboxylic acids is 1. The van der Waals surface area contributed by atoms with Gasteiger partial charge in [0.15, 0.2) is 6.34 Å². The number of nitrogens with zero attached hydrogens (tertiary/aromatic N) is 2. The van der Waals surface area contributed by atoms with Crippen molar-refractivity contribution in [3.8, 4) is 0 Å². The summed E-state index contributed by atoms with van der Waals surface area (Å²) in [6.07, 6.45) is 1.59. The molecule has 6 heteroatoms. The van der Waals surface area contributed by atoms with Crippen molar-refractivity contribution in [1.29, 1.82) is 0 Å². The predicted octanol–water partition coefficient (Wildman–Crippen LogP) is -5.41. The minimum absolute atomic E-state index is 0. The fourth-order valence-electron chi connectivity index (χ4n) is 1.37. The molecule has 0 fully saturated rings. The summed E-state index contributed by atoms with van der Waals surface area (Å²) in [5.74, 6) is -1.10. The van der Waals surface area contributed by atoms with Crippen LogP contribution in [0, 0.1) is 0 Å². The second-order valence-corrected chi connectivity index (χ2v) is 2.94. The number of carboxylic acid groups (broad SMARTS) is 1. The van der Waals surface area contributed by atoms with E-state index in [4.69, 9.17) is 5.11 Å². The molecule has 0 aromatic rings. The second-order valence-electron chi connectivity index (χ2n) is 2.94. The summed E-state index contributed by atoms with van der Waals surface area (Å²) in [4.78, 5) is 14.3. The number of carbonyl (C=O) groups is 1. The van der Waals surface area contributed by atoms with Gasteiger partial charge >= 0.3 is 29.6 Å². The van der Waals surface area contributed by atoms with Crippen molar-refractivity contribution in [2.75, 3.05) is 32.8 Å². The zero-order valence-corrected chi connectivity index (χ0v) is 9.77. The second kappa shape index (κ2) is 5.72. The molecule has 1 heterocycles. The third kappa shape index (κ3) is 3.74. The minimum atomic E-state index is -1.10. The predicted molar refractivity (Wildman–Crippen MR) is 40.3 cm³/mol. The SMILES string of the molecule is O=C([O-])C[N+]1(CCO)C=NCC1.[Na+]. The Morgan fingerprint density at radius 1 is 1.69 bits per heavy atom. The number of hydrogen-bond donors (Lipinski definition) is 1. The van der Waals surface area contributed by atoms with Crippen molar-refractivity contribution >= 4 is 12.3 Å². The van der Waals surface area contributed by atoms with Crippen molar-refractivity contribution in [3.63, 3.8) is 0 Å². The molecular weight excluding hydrogens is 183 g/mol. The number of aliphatic hydroxyl groups excluding tert-OH is 1. The van der Waals surface area contributed by atoms with E-state index in [1.54, 1.807) is 6.34 Å². The minimum Gasteiger partial charge on any atom is -0.544 e. The van der Waals surface area contributed by atoms with E-state index in [2.05, 4.69) is 4.99 Å². The first-order valence-corrected chi connectivity index (χ1v) is 3.86. The molecular formula is C7H12N2NaO3+. The molecule has 0 bridgehead atoms. The maximum absolute atomic E-state index is 10.4. The van der Waals surface area contributed by atoms with E-state index in [9.17, 15) is 9.90 Å². The number of carbonyl (C=O) groups excluding carboxylic acids is 1. The molecule has 0 aromatic heterocycles. The number of aliphatic imine (C=N–C) groups is 1. The summed E-state index contributed by atoms with van der Waals surface area (Å²) in [6, 6.07) is 0. The fraction of sp³-hybridized carbons (Fsp3) is 0.714. The number of rotatable bonds is 4. The Hall–Kier alpha value is 0.0600. The molecule has 0 saturated carbocycles. The van der Waals surface area contributed by atoms with Crippen LogP contribution < -0.4 is 34.7 Å². The van der Waals surface area contributed by atoms with Crippen molar-refractivity contribution in [2.24, 2.45) is 4.99 Å². The number of aliphatic carboxylic acids is 1. The van der Waals surface area contributed by atoms with Crippen molar-refractivity contribution < 1.29 is 49.0 Å². The molecule has 0 amide bonds. The van der Waals surface area contributed by atoms with Gasteiger partial charge in [0.1, 0.15) is 19.6 Å². The Morgan fingerprint density at radius 3 is 2.77 bits per heavy atom. The van der Waals surface area contributed by atoms with E-state index in [1.165, 1.54) is 0 Å². The van der Waals surface area contributed by atoms with Gasteiger partial charge in [0.25, 0.3) is 0 Å². The van der Waals surface area contributed by atoms with Crippen LogP contribution in [-0.2, 0) is 4.79 Å². The quantitative estimate of drug-likeness (QED) is 0.359. The molecule has 0 spiro atoms. The van der Waals surface area contributed by atoms with E-state index in [1.807, 2.05) is 0 Å². The molecule has 0 aliphatic carbocycles. The van der Waals surface area contributed by atoms with Crippen LogP contribution in [0.15, 0.2) is 4.99 Å². The maximum Gasteiger partial charge on any atom is 1.00 e. The largest absolute Gasteiger partial charge is 1.00 e. The molecule has 1 aliphatic rings. The first-order chi connectivity index (χ1) is 5.68. The molecule has 0 radical (unpaired) electrons. The molecule has 68 valence electrons. The first kappa shape index (κ1) is 13.1. The van der Waals surface area contributed by atoms with Gasteiger partial charge in [0.05, 0.1) is 19.1 Å². The number of hydrogen-bond acceptors (Lipinski definition) is 4. The van der Waals surface area contributed by atoms with Gasteiger partial charge in [-0.15, -0.1) is 0 Å². The molecule has 5 nitrogen and oxygen atoms in total. The van der Waals surface area contributed by atoms with Crippen LogP contribution in [0.3, 0.4) is 0 Å². The van der Waals surface area contributed by atoms with Crippen LogP contribution in [0.25, 0.3) is 0 Å². The van der Waals surface area contributed by atoms with Gasteiger partial charge in [-0.05, 0) is 0 Å². The standard InChI is InChI=1S/C7H12N2O3.Na/c10-4-3-9(5-7(11)12)2-1-8-6-9;/h6,10H,1-5H2;/q;+1. The van der Waals surface area contributed by atoms with Gasteiger partial charge < -0.3 is 15.0 Å². The zero-order valence-electron chi connectivity index (χ0n) is 7.77. The fourth-order valence-corrected chi connectivity index (χ4v) is 1.37. The van der Waals surface area contributed by atoms with Gasteiger partial charge in [0, 0.05) is 0 Å². The zero-order chi connectivity index (χ0) is 9.03. The van der Waals surface area contributed by atoms with E-state index in [-0.39, 0.29) is 47.2 Å². The van der Waals surface area contributed by atoms with Crippen LogP contribution in [0.1, 0.15) is 0 Å². The molecule has 1 N–H and O–H groups in total. The van der Waals surface area contributed by atoms with Gasteiger partial charge in [0.2, 0.25) is 0 Å². The Kier molecular flexibility index (Phi) is 5.75. The van der Waals surface area contributed by atoms with E-state index >= 15 is 0 Å². The Bertz CT molecular complexity index is 210. The van der Waals surface area contributed by atoms with Crippen molar-refractivity contribution in [3.05, 3.63) is 0 Å². The summed E-state index contributed by atoms with van der Waals surface area (Å²) >= 11 is 0. The first-order valence-electron chi connectivity index (χ1n) is 3.86. The molecule has 1 unspecified atom stereocenters. The molecule has 0 aromatic carbocycles. The van der Waals surface area contributed by atoms with Crippen molar-refractivity contribution in [2.45, 2.75) is 0 Å². The van der Waals surface area contributed by atoms with Gasteiger partial charge in [-0.1, -0.05) is 0 Å². The summed E-state index contributed by atoms with van der Waals surface area (Å²) < 4.78 is 0.221. The average Bonchev–Trinajstić information content (AvgIpc) is 2.36. The van der Waals surface area contributed by atoms with Gasteiger partial charge in [-0.2, -0.15) is 0 Å². The topological polar surface area (TPSA) is 72.7 Å². The van der Waals surface area contributed by atoms with Gasteiger partial charge in [-0.3, -0.25) is 4.48 Å². The molecule has 0 saturated heterocycles. The number of quaternary nitrogens is 1. The van der Waals surface area contributed by atoms with Crippen LogP contribution in [-0.4, -0.2) is 54.7 Å². The third-order valence-electron chi connectivity index (χ3n) is 1.99. The average molecular weight is 195 g/mol. The summed E-state index contributed by atoms with van der Waals surface area (Å²) in [6.45, 7) is 1.56. The van der Waals surface area contributed by atoms with E-state index in [0.29, 0.717) is 19.6 Å². The molecule has 1 rings (SSSR count). The van der Waals surface area contributed by atoms with E-state index in [0.717, 1.165) is 0 Å². The Labute approximate surface area is 99.0 Å². The molecule has 1 atom stereocenters. The Morgan fingerprint density at radius 2 is 2.38 bits per heavy atom. The third-order valence-corrected chi connectivity index (χ3v) is 1.99. The summed E-state index contributed by atoms with van der Waals surface area (Å²) in [5, 5.41) is 19.1. The van der Waals surface area contributed by atoms with Crippen LogP contribution in [0.4, 0.5) is 0 Å². The van der Waals surface area contributed by atoms with E-state index < -0.39 is 5.97 Å². The maximum atomic E-state index is 10.4. The van der Waals surface area contributed by atoms with Gasteiger partial charge in [-0.25, -0.2) is 4.99 Å². The van der Waals surface area contributed by atoms with Crippen LogP contribution in [0.5, 0.6) is 0 Å². The summed E-state index contributed by atoms with van der Waals surface area (Å²) in [7, 11) is 0. The van der Waals surface area contributed by atoms with Crippen LogP contribution in [0.2, 0.25) is 0 Å². The molecule has 13 heavy (non-hydrogen) atoms. The monoisotopic (exact) mass is 195 g/mol.